The number of hydrogen-bond acceptors (Lipinski definition) is 8. The number of aliphatic hydroxyl groups is 1. The molecule has 4 N–H and O–H groups in total. The molecule has 0 aromatic carbocycles. The molecule has 2 heterocycles. The van der Waals surface area contributed by atoms with Gasteiger partial charge in [-0.05, 0) is 55.3 Å². The Morgan fingerprint density at radius 3 is 2.31 bits per heavy atom. The van der Waals surface area contributed by atoms with Crippen molar-refractivity contribution in [1.29, 1.82) is 0 Å². The second-order valence-corrected chi connectivity index (χ2v) is 13.8. The summed E-state index contributed by atoms with van der Waals surface area (Å²) >= 11 is 0. The molecule has 4 fully saturated rings. The molecule has 4 amide bonds. The molecule has 2 saturated carbocycles. The van der Waals surface area contributed by atoms with Gasteiger partial charge in [0.25, 0.3) is 0 Å². The van der Waals surface area contributed by atoms with Gasteiger partial charge in [-0.2, -0.15) is 0 Å². The molecule has 0 aromatic rings. The van der Waals surface area contributed by atoms with E-state index in [1.807, 2.05) is 27.7 Å². The van der Waals surface area contributed by atoms with Crippen molar-refractivity contribution in [2.75, 3.05) is 13.1 Å². The molecule has 0 spiro atoms. The number of rotatable bonds is 11. The number of piperidine rings is 1. The van der Waals surface area contributed by atoms with Crippen molar-refractivity contribution in [2.45, 2.75) is 83.4 Å². The first-order valence-corrected chi connectivity index (χ1v) is 14.9. The second kappa shape index (κ2) is 11.9. The van der Waals surface area contributed by atoms with E-state index in [-0.39, 0.29) is 82.8 Å². The largest absolute Gasteiger partial charge is 1.00 e. The van der Waals surface area contributed by atoms with E-state index in [1.165, 1.54) is 4.90 Å². The van der Waals surface area contributed by atoms with Crippen molar-refractivity contribution in [2.24, 2.45) is 35.0 Å². The average molecular weight is 579 g/mol. The summed E-state index contributed by atoms with van der Waals surface area (Å²) < 4.78 is 35.0. The molecule has 2 aliphatic heterocycles. The minimum absolute atomic E-state index is 0. The van der Waals surface area contributed by atoms with Crippen LogP contribution in [0.4, 0.5) is 0 Å². The Hall–Kier alpha value is -1.25. The topological polar surface area (TPSA) is 185 Å². The SMILES string of the molecule is CC(C)C[C@H](NC(=O)C1CC1)C(=O)N1C[C@H]2[C@@H]([C@H]1C(=O)N[C@@H](C[C@@H]1CCNC1=O)C(O)S(=O)(=O)[O-])C2(C)C.[Na+]. The van der Waals surface area contributed by atoms with Crippen LogP contribution in [0.2, 0.25) is 0 Å². The number of nitrogens with zero attached hydrogens (tertiary/aromatic N) is 1. The molecule has 214 valence electrons. The quantitative estimate of drug-likeness (QED) is 0.142. The summed E-state index contributed by atoms with van der Waals surface area (Å²) in [6.45, 7) is 8.53. The van der Waals surface area contributed by atoms with Gasteiger partial charge in [0.1, 0.15) is 22.2 Å². The third kappa shape index (κ3) is 6.98. The van der Waals surface area contributed by atoms with Gasteiger partial charge >= 0.3 is 29.6 Å². The van der Waals surface area contributed by atoms with Crippen molar-refractivity contribution >= 4 is 33.7 Å². The van der Waals surface area contributed by atoms with Crippen LogP contribution in [-0.4, -0.2) is 83.3 Å². The van der Waals surface area contributed by atoms with E-state index in [0.29, 0.717) is 25.9 Å². The van der Waals surface area contributed by atoms with E-state index >= 15 is 0 Å². The third-order valence-electron chi connectivity index (χ3n) is 8.70. The number of nitrogens with one attached hydrogen (secondary N) is 3. The summed E-state index contributed by atoms with van der Waals surface area (Å²) in [6.07, 6.45) is 2.11. The first-order chi connectivity index (χ1) is 17.6. The number of carbonyl (C=O) groups excluding carboxylic acids is 4. The van der Waals surface area contributed by atoms with Gasteiger partial charge < -0.3 is 30.5 Å². The summed E-state index contributed by atoms with van der Waals surface area (Å²) in [5.41, 5.74) is -2.69. The fourth-order valence-corrected chi connectivity index (χ4v) is 6.82. The van der Waals surface area contributed by atoms with E-state index in [1.54, 1.807) is 0 Å². The van der Waals surface area contributed by atoms with E-state index < -0.39 is 45.5 Å². The molecule has 0 aromatic heterocycles. The van der Waals surface area contributed by atoms with Gasteiger partial charge in [-0.3, -0.25) is 19.2 Å². The third-order valence-corrected chi connectivity index (χ3v) is 9.62. The molecule has 2 saturated heterocycles. The van der Waals surface area contributed by atoms with Crippen LogP contribution in [-0.2, 0) is 29.3 Å². The summed E-state index contributed by atoms with van der Waals surface area (Å²) in [5, 5.41) is 18.3. The Bertz CT molecular complexity index is 1100. The molecule has 14 heteroatoms. The van der Waals surface area contributed by atoms with Crippen LogP contribution in [0.3, 0.4) is 0 Å². The molecule has 39 heavy (non-hydrogen) atoms. The van der Waals surface area contributed by atoms with Crippen molar-refractivity contribution < 1.29 is 66.8 Å². The van der Waals surface area contributed by atoms with E-state index in [0.717, 1.165) is 12.8 Å². The standard InChI is InChI=1S/C25H40N4O8S.Na/c1-12(2)9-16(27-21(31)13-5-6-13)23(33)29-11-15-18(25(15,3)4)19(29)22(32)28-17(24(34)38(35,36)37)10-14-7-8-26-20(14)30;/h12-19,24,34H,5-11H2,1-4H3,(H,26,30)(H,27,31)(H,28,32)(H,35,36,37);/q;+1/p-1/t14-,15-,16-,17-,18-,19-,24?;/m0./s1. The molecule has 1 unspecified atom stereocenters. The Kier molecular flexibility index (Phi) is 9.87. The van der Waals surface area contributed by atoms with Crippen molar-refractivity contribution in [1.82, 2.24) is 20.9 Å². The van der Waals surface area contributed by atoms with Crippen molar-refractivity contribution in [3.63, 3.8) is 0 Å². The zero-order valence-corrected chi connectivity index (χ0v) is 26.1. The Labute approximate surface area is 251 Å². The zero-order valence-electron chi connectivity index (χ0n) is 23.3. The first-order valence-electron chi connectivity index (χ1n) is 13.4. The molecule has 0 bridgehead atoms. The van der Waals surface area contributed by atoms with Crippen LogP contribution in [0.15, 0.2) is 0 Å². The van der Waals surface area contributed by atoms with Gasteiger partial charge in [0.15, 0.2) is 5.44 Å². The fraction of sp³-hybridized carbons (Fsp3) is 0.840. The van der Waals surface area contributed by atoms with E-state index in [4.69, 9.17) is 0 Å². The number of aliphatic hydroxyl groups excluding tert-OH is 1. The van der Waals surface area contributed by atoms with Crippen LogP contribution in [0.5, 0.6) is 0 Å². The van der Waals surface area contributed by atoms with Crippen LogP contribution < -0.4 is 45.5 Å². The molecule has 7 atom stereocenters. The molecular formula is C25H39N4NaO8S. The van der Waals surface area contributed by atoms with Crippen LogP contribution in [0.1, 0.15) is 59.8 Å². The minimum Gasteiger partial charge on any atom is -0.746 e. The maximum atomic E-state index is 13.7. The molecule has 2 aliphatic carbocycles. The summed E-state index contributed by atoms with van der Waals surface area (Å²) in [5.74, 6) is -2.41. The van der Waals surface area contributed by atoms with E-state index in [9.17, 15) is 37.3 Å². The van der Waals surface area contributed by atoms with E-state index in [2.05, 4.69) is 16.0 Å². The van der Waals surface area contributed by atoms with Gasteiger partial charge in [0.2, 0.25) is 23.6 Å². The molecule has 4 rings (SSSR count). The summed E-state index contributed by atoms with van der Waals surface area (Å²) in [4.78, 5) is 53.5. The van der Waals surface area contributed by atoms with Gasteiger partial charge in [-0.1, -0.05) is 27.7 Å². The number of likely N-dealkylation sites (tertiary alicyclic amines) is 1. The maximum absolute atomic E-state index is 13.7. The monoisotopic (exact) mass is 578 g/mol. The molecule has 12 nitrogen and oxygen atoms in total. The molecular weight excluding hydrogens is 539 g/mol. The van der Waals surface area contributed by atoms with Crippen LogP contribution >= 0.6 is 0 Å². The normalized spacial score (nSPS) is 29.5. The number of amides is 4. The Morgan fingerprint density at radius 2 is 1.79 bits per heavy atom. The molecule has 0 radical (unpaired) electrons. The van der Waals surface area contributed by atoms with Crippen molar-refractivity contribution in [3.8, 4) is 0 Å². The van der Waals surface area contributed by atoms with Gasteiger partial charge in [-0.25, -0.2) is 8.42 Å². The average Bonchev–Trinajstić information content (AvgIpc) is 3.63. The fourth-order valence-electron chi connectivity index (χ4n) is 6.23. The minimum atomic E-state index is -5.20. The van der Waals surface area contributed by atoms with Gasteiger partial charge in [0.05, 0.1) is 6.04 Å². The number of fused-ring (bicyclic) bond motifs is 1. The maximum Gasteiger partial charge on any atom is 1.00 e. The summed E-state index contributed by atoms with van der Waals surface area (Å²) in [7, 11) is -5.20. The smallest absolute Gasteiger partial charge is 0.746 e. The number of hydrogen-bond donors (Lipinski definition) is 4. The Balaban J connectivity index is 0.00000420. The first kappa shape index (κ1) is 32.3. The summed E-state index contributed by atoms with van der Waals surface area (Å²) in [6, 6.07) is -3.28. The van der Waals surface area contributed by atoms with Crippen LogP contribution in [0.25, 0.3) is 0 Å². The predicted molar refractivity (Wildman–Crippen MR) is 134 cm³/mol. The van der Waals surface area contributed by atoms with Gasteiger partial charge in [0, 0.05) is 24.9 Å². The predicted octanol–water partition coefficient (Wildman–Crippen LogP) is -3.71. The number of carbonyl (C=O) groups is 4. The Morgan fingerprint density at radius 1 is 1.15 bits per heavy atom. The van der Waals surface area contributed by atoms with Crippen LogP contribution in [0, 0.1) is 35.0 Å². The van der Waals surface area contributed by atoms with Gasteiger partial charge in [-0.15, -0.1) is 0 Å². The zero-order chi connectivity index (χ0) is 28.2. The second-order valence-electron chi connectivity index (χ2n) is 12.4. The molecule has 4 aliphatic rings. The van der Waals surface area contributed by atoms with Crippen molar-refractivity contribution in [3.05, 3.63) is 0 Å².